The Morgan fingerprint density at radius 2 is 2.12 bits per heavy atom. The molecule has 25 heavy (non-hydrogen) atoms. The number of hydrogen-bond donors (Lipinski definition) is 1. The molecule has 1 amide bonds. The van der Waals surface area contributed by atoms with Gasteiger partial charge in [0.25, 0.3) is 11.6 Å². The fraction of sp³-hybridized carbons (Fsp3) is 0.350. The topological polar surface area (TPSA) is 63.1 Å². The molecule has 2 aliphatic rings. The number of piperidine rings is 1. The summed E-state index contributed by atoms with van der Waals surface area (Å²) in [7, 11) is 0. The van der Waals surface area contributed by atoms with Gasteiger partial charge in [0, 0.05) is 18.5 Å². The number of pyridine rings is 1. The first-order valence-corrected chi connectivity index (χ1v) is 9.06. The van der Waals surface area contributed by atoms with E-state index in [-0.39, 0.29) is 5.91 Å². The van der Waals surface area contributed by atoms with Gasteiger partial charge in [-0.25, -0.2) is 4.98 Å². The maximum Gasteiger partial charge on any atom is 0.299 e. The van der Waals surface area contributed by atoms with Gasteiger partial charge >= 0.3 is 0 Å². The third kappa shape index (κ3) is 2.34. The molecule has 3 aromatic rings. The number of imidazole rings is 1. The number of nitrogens with one attached hydrogen (secondary N) is 2. The molecule has 126 valence electrons. The first-order valence-electron chi connectivity index (χ1n) is 9.06. The van der Waals surface area contributed by atoms with Crippen LogP contribution < -0.4 is 4.98 Å². The molecule has 2 N–H and O–H groups in total. The Labute approximate surface area is 146 Å². The van der Waals surface area contributed by atoms with E-state index in [0.717, 1.165) is 37.0 Å². The largest absolute Gasteiger partial charge is 0.332 e. The molecule has 0 bridgehead atoms. The van der Waals surface area contributed by atoms with Gasteiger partial charge in [-0.2, -0.15) is 0 Å². The van der Waals surface area contributed by atoms with Gasteiger partial charge < -0.3 is 4.90 Å². The average Bonchev–Trinajstić information content (AvgIpc) is 3.14. The lowest BCUT2D eigenvalue weighted by molar-refractivity contribution is -0.347. The lowest BCUT2D eigenvalue weighted by Crippen LogP contribution is -2.49. The first kappa shape index (κ1) is 14.6. The van der Waals surface area contributed by atoms with Crippen LogP contribution in [0, 0.1) is 0 Å². The quantitative estimate of drug-likeness (QED) is 0.744. The van der Waals surface area contributed by atoms with Crippen LogP contribution in [0.2, 0.25) is 0 Å². The number of rotatable bonds is 1. The van der Waals surface area contributed by atoms with E-state index >= 15 is 0 Å². The van der Waals surface area contributed by atoms with Gasteiger partial charge in [-0.05, 0) is 48.9 Å². The monoisotopic (exact) mass is 333 g/mol. The van der Waals surface area contributed by atoms with Crippen molar-refractivity contribution in [2.75, 3.05) is 6.54 Å². The fourth-order valence-electron chi connectivity index (χ4n) is 4.59. The van der Waals surface area contributed by atoms with E-state index in [1.54, 1.807) is 6.33 Å². The highest BCUT2D eigenvalue weighted by atomic mass is 16.2. The van der Waals surface area contributed by atoms with Gasteiger partial charge in [0.05, 0.1) is 0 Å². The second-order valence-electron chi connectivity index (χ2n) is 7.08. The normalized spacial score (nSPS) is 22.5. The van der Waals surface area contributed by atoms with E-state index in [9.17, 15) is 4.79 Å². The predicted molar refractivity (Wildman–Crippen MR) is 94.2 cm³/mol. The van der Waals surface area contributed by atoms with Crippen LogP contribution in [0.3, 0.4) is 0 Å². The molecule has 0 radical (unpaired) electrons. The van der Waals surface area contributed by atoms with Gasteiger partial charge in [-0.15, -0.1) is 0 Å². The molecule has 0 unspecified atom stereocenters. The highest BCUT2D eigenvalue weighted by Crippen LogP contribution is 2.40. The van der Waals surface area contributed by atoms with Crippen molar-refractivity contribution < 1.29 is 9.78 Å². The van der Waals surface area contributed by atoms with Gasteiger partial charge in [0.15, 0.2) is 11.8 Å². The Morgan fingerprint density at radius 3 is 3.08 bits per heavy atom. The van der Waals surface area contributed by atoms with Gasteiger partial charge in [-0.3, -0.25) is 9.78 Å². The number of hydrogen-bond acceptors (Lipinski definition) is 2. The van der Waals surface area contributed by atoms with Crippen molar-refractivity contribution >= 4 is 17.1 Å². The van der Waals surface area contributed by atoms with Crippen molar-refractivity contribution in [2.45, 2.75) is 37.6 Å². The first-order chi connectivity index (χ1) is 12.3. The minimum absolute atomic E-state index is 0.0607. The summed E-state index contributed by atoms with van der Waals surface area (Å²) >= 11 is 0. The van der Waals surface area contributed by atoms with Crippen molar-refractivity contribution in [1.82, 2.24) is 14.9 Å². The number of amides is 1. The minimum atomic E-state index is 0.0607. The van der Waals surface area contributed by atoms with Gasteiger partial charge in [0.2, 0.25) is 5.69 Å². The summed E-state index contributed by atoms with van der Waals surface area (Å²) in [6.45, 7) is 0.832. The van der Waals surface area contributed by atoms with Crippen LogP contribution in [0.5, 0.6) is 0 Å². The molecule has 3 heterocycles. The molecule has 5 rings (SSSR count). The Morgan fingerprint density at radius 1 is 1.20 bits per heavy atom. The lowest BCUT2D eigenvalue weighted by Gasteiger charge is -2.44. The molecule has 1 aromatic carbocycles. The molecule has 5 nitrogen and oxygen atoms in total. The number of likely N-dealkylation sites (tertiary alicyclic amines) is 1. The lowest BCUT2D eigenvalue weighted by atomic mass is 9.74. The summed E-state index contributed by atoms with van der Waals surface area (Å²) < 4.78 is 0. The van der Waals surface area contributed by atoms with Crippen LogP contribution in [0.25, 0.3) is 11.2 Å². The van der Waals surface area contributed by atoms with E-state index in [4.69, 9.17) is 0 Å². The molecular formula is C20H21N4O+. The van der Waals surface area contributed by atoms with E-state index < -0.39 is 0 Å². The SMILES string of the molecule is O=C(c1ccc2[nH]c[nH+]c2n1)N1CCC[C@H]2c3ccccc3CC[C@H]21. The smallest absolute Gasteiger partial charge is 0.299 e. The summed E-state index contributed by atoms with van der Waals surface area (Å²) in [5, 5.41) is 0. The number of aryl methyl sites for hydroxylation is 1. The van der Waals surface area contributed by atoms with Crippen LogP contribution in [0.15, 0.2) is 42.7 Å². The van der Waals surface area contributed by atoms with Crippen LogP contribution in [0.4, 0.5) is 0 Å². The number of H-pyrrole nitrogens is 2. The molecular weight excluding hydrogens is 312 g/mol. The molecule has 0 saturated carbocycles. The molecule has 1 fully saturated rings. The molecule has 0 spiro atoms. The molecule has 2 aromatic heterocycles. The van der Waals surface area contributed by atoms with Crippen molar-refractivity contribution in [3.05, 3.63) is 59.5 Å². The summed E-state index contributed by atoms with van der Waals surface area (Å²) in [6, 6.07) is 12.8. The Kier molecular flexibility index (Phi) is 3.33. The van der Waals surface area contributed by atoms with Gasteiger partial charge in [0.1, 0.15) is 0 Å². The van der Waals surface area contributed by atoms with Crippen LogP contribution in [-0.4, -0.2) is 33.4 Å². The number of carbonyl (C=O) groups is 1. The maximum atomic E-state index is 13.2. The van der Waals surface area contributed by atoms with Crippen LogP contribution >= 0.6 is 0 Å². The zero-order valence-corrected chi connectivity index (χ0v) is 14.0. The van der Waals surface area contributed by atoms with Crippen molar-refractivity contribution in [3.8, 4) is 0 Å². The standard InChI is InChI=1S/C20H20N4O/c25-20(17-9-8-16-19(23-17)22-12-21-16)24-11-3-6-15-14-5-2-1-4-13(14)7-10-18(15)24/h1-2,4-5,8-9,12,15,18H,3,6-7,10-11H2,(H,21,22,23)/p+1/t15-,18+/m0/s1. The Hall–Kier alpha value is -2.69. The molecule has 5 heteroatoms. The summed E-state index contributed by atoms with van der Waals surface area (Å²) in [5.74, 6) is 0.524. The van der Waals surface area contributed by atoms with Crippen LogP contribution in [0.1, 0.15) is 46.8 Å². The highest BCUT2D eigenvalue weighted by molar-refractivity contribution is 5.94. The highest BCUT2D eigenvalue weighted by Gasteiger charge is 2.39. The Bertz CT molecular complexity index is 948. The number of carbonyl (C=O) groups excluding carboxylic acids is 1. The maximum absolute atomic E-state index is 13.2. The second-order valence-corrected chi connectivity index (χ2v) is 7.08. The molecule has 1 aliphatic heterocycles. The third-order valence-corrected chi connectivity index (χ3v) is 5.75. The fourth-order valence-corrected chi connectivity index (χ4v) is 4.59. The Balaban J connectivity index is 1.48. The summed E-state index contributed by atoms with van der Waals surface area (Å²) in [6.07, 6.45) is 6.06. The van der Waals surface area contributed by atoms with E-state index in [2.05, 4.69) is 44.1 Å². The number of fused-ring (bicyclic) bond motifs is 4. The van der Waals surface area contributed by atoms with Crippen molar-refractivity contribution in [3.63, 3.8) is 0 Å². The zero-order valence-electron chi connectivity index (χ0n) is 14.0. The van der Waals surface area contributed by atoms with E-state index in [0.29, 0.717) is 17.7 Å². The number of aromatic amines is 2. The molecule has 1 saturated heterocycles. The predicted octanol–water partition coefficient (Wildman–Crippen LogP) is 2.71. The van der Waals surface area contributed by atoms with Crippen LogP contribution in [-0.2, 0) is 6.42 Å². The zero-order chi connectivity index (χ0) is 16.8. The molecule has 1 aliphatic carbocycles. The summed E-state index contributed by atoms with van der Waals surface area (Å²) in [5.41, 5.74) is 5.08. The van der Waals surface area contributed by atoms with Gasteiger partial charge in [-0.1, -0.05) is 29.2 Å². The average molecular weight is 333 g/mol. The van der Waals surface area contributed by atoms with Crippen molar-refractivity contribution in [2.24, 2.45) is 0 Å². The van der Waals surface area contributed by atoms with Crippen molar-refractivity contribution in [1.29, 1.82) is 0 Å². The second kappa shape index (κ2) is 5.69. The summed E-state index contributed by atoms with van der Waals surface area (Å²) in [4.78, 5) is 25.9. The number of nitrogens with zero attached hydrogens (tertiary/aromatic N) is 2. The van der Waals surface area contributed by atoms with E-state index in [1.165, 1.54) is 17.5 Å². The minimum Gasteiger partial charge on any atom is -0.332 e. The van der Waals surface area contributed by atoms with E-state index in [1.807, 2.05) is 12.1 Å². The number of aromatic nitrogens is 3. The third-order valence-electron chi connectivity index (χ3n) is 5.75. The molecule has 2 atom stereocenters. The number of benzene rings is 1.